The summed E-state index contributed by atoms with van der Waals surface area (Å²) in [6.45, 7) is 6.88. The van der Waals surface area contributed by atoms with Crippen LogP contribution in [0.4, 0.5) is 34.1 Å². The van der Waals surface area contributed by atoms with Gasteiger partial charge in [0.05, 0.1) is 22.7 Å². The fourth-order valence-corrected chi connectivity index (χ4v) is 8.59. The van der Waals surface area contributed by atoms with Crippen LogP contribution in [-0.4, -0.2) is 0 Å². The maximum atomic E-state index is 7.36. The molecule has 0 unspecified atom stereocenters. The van der Waals surface area contributed by atoms with Crippen molar-refractivity contribution >= 4 is 34.1 Å². The van der Waals surface area contributed by atoms with Crippen molar-refractivity contribution in [3.63, 3.8) is 0 Å². The third kappa shape index (κ3) is 5.42. The fourth-order valence-electron chi connectivity index (χ4n) is 8.59. The third-order valence-electron chi connectivity index (χ3n) is 11.3. The predicted octanol–water partition coefficient (Wildman–Crippen LogP) is 14.7. The summed E-state index contributed by atoms with van der Waals surface area (Å²) in [6.07, 6.45) is 0. The number of para-hydroxylation sites is 1. The highest BCUT2D eigenvalue weighted by Crippen LogP contribution is 2.63. The monoisotopic (exact) mass is 708 g/mol. The summed E-state index contributed by atoms with van der Waals surface area (Å²) in [5, 5.41) is 0. The molecule has 0 bridgehead atoms. The van der Waals surface area contributed by atoms with Crippen LogP contribution >= 0.6 is 0 Å². The van der Waals surface area contributed by atoms with Crippen molar-refractivity contribution < 1.29 is 4.74 Å². The minimum absolute atomic E-state index is 0.260. The van der Waals surface area contributed by atoms with Crippen LogP contribution in [0.1, 0.15) is 30.5 Å². The molecule has 8 aromatic rings. The molecule has 3 heteroatoms. The topological polar surface area (TPSA) is 15.7 Å². The number of hydrogen-bond acceptors (Lipinski definition) is 3. The molecule has 264 valence electrons. The molecule has 0 saturated heterocycles. The Labute approximate surface area is 323 Å². The second kappa shape index (κ2) is 12.9. The fraction of sp³-hybridized carbons (Fsp3) is 0.0769. The lowest BCUT2D eigenvalue weighted by Crippen LogP contribution is -2.33. The highest BCUT2D eigenvalue weighted by molar-refractivity contribution is 5.99. The quantitative estimate of drug-likeness (QED) is 0.171. The van der Waals surface area contributed by atoms with E-state index in [1.807, 2.05) is 0 Å². The van der Waals surface area contributed by atoms with Crippen LogP contribution in [0.5, 0.6) is 11.5 Å². The van der Waals surface area contributed by atoms with E-state index >= 15 is 0 Å². The van der Waals surface area contributed by atoms with Crippen LogP contribution < -0.4 is 14.5 Å². The molecule has 0 radical (unpaired) electrons. The van der Waals surface area contributed by atoms with Gasteiger partial charge < -0.3 is 14.5 Å². The summed E-state index contributed by atoms with van der Waals surface area (Å²) in [7, 11) is 0. The largest absolute Gasteiger partial charge is 0.451 e. The average molecular weight is 709 g/mol. The van der Waals surface area contributed by atoms with Crippen molar-refractivity contribution in [3.05, 3.63) is 205 Å². The van der Waals surface area contributed by atoms with E-state index in [0.29, 0.717) is 0 Å². The van der Waals surface area contributed by atoms with Gasteiger partial charge in [-0.1, -0.05) is 153 Å². The highest BCUT2D eigenvalue weighted by Gasteiger charge is 2.43. The normalized spacial score (nSPS) is 13.3. The molecule has 0 spiro atoms. The molecule has 0 aromatic heterocycles. The molecular formula is C52H40N2O. The zero-order valence-corrected chi connectivity index (χ0v) is 31.2. The van der Waals surface area contributed by atoms with E-state index < -0.39 is 0 Å². The first-order chi connectivity index (χ1) is 27.0. The Bertz CT molecular complexity index is 2700. The maximum Gasteiger partial charge on any atom is 0.175 e. The lowest BCUT2D eigenvalue weighted by atomic mass is 9.73. The minimum atomic E-state index is -0.260. The van der Waals surface area contributed by atoms with Crippen LogP contribution in [0.2, 0.25) is 0 Å². The van der Waals surface area contributed by atoms with Crippen molar-refractivity contribution in [2.45, 2.75) is 26.2 Å². The first-order valence-electron chi connectivity index (χ1n) is 19.0. The van der Waals surface area contributed by atoms with Crippen molar-refractivity contribution in [2.24, 2.45) is 0 Å². The Kier molecular flexibility index (Phi) is 7.71. The third-order valence-corrected chi connectivity index (χ3v) is 11.3. The Morgan fingerprint density at radius 3 is 1.73 bits per heavy atom. The molecule has 0 fully saturated rings. The molecule has 0 amide bonds. The van der Waals surface area contributed by atoms with Gasteiger partial charge in [-0.15, -0.1) is 0 Å². The predicted molar refractivity (Wildman–Crippen MR) is 229 cm³/mol. The van der Waals surface area contributed by atoms with Crippen molar-refractivity contribution in [3.8, 4) is 44.9 Å². The molecule has 3 nitrogen and oxygen atoms in total. The van der Waals surface area contributed by atoms with Crippen molar-refractivity contribution in [1.82, 2.24) is 0 Å². The second-order valence-electron chi connectivity index (χ2n) is 15.1. The highest BCUT2D eigenvalue weighted by atomic mass is 16.5. The molecular weight excluding hydrogens is 669 g/mol. The molecule has 8 aromatic carbocycles. The lowest BCUT2D eigenvalue weighted by molar-refractivity contribution is 0.472. The molecule has 2 heterocycles. The van der Waals surface area contributed by atoms with Gasteiger partial charge in [0.1, 0.15) is 0 Å². The lowest BCUT2D eigenvalue weighted by Gasteiger charge is -2.46. The molecule has 0 N–H and O–H groups in total. The first kappa shape index (κ1) is 32.8. The van der Waals surface area contributed by atoms with Gasteiger partial charge in [0.25, 0.3) is 0 Å². The SMILES string of the molecule is Cc1cc(-c2ccccc2)cc2c1N1c3ccccc3C(C)(C)c3ccc(N(c4ccc(-c5ccccc5)cc4)c4cccc(-c5ccccc5)c4)c(c31)O2. The molecule has 0 saturated carbocycles. The van der Waals surface area contributed by atoms with E-state index in [4.69, 9.17) is 4.74 Å². The number of rotatable bonds is 6. The minimum Gasteiger partial charge on any atom is -0.451 e. The molecule has 2 aliphatic rings. The van der Waals surface area contributed by atoms with Gasteiger partial charge >= 0.3 is 0 Å². The van der Waals surface area contributed by atoms with Crippen LogP contribution in [0.3, 0.4) is 0 Å². The van der Waals surface area contributed by atoms with Gasteiger partial charge in [0, 0.05) is 16.8 Å². The summed E-state index contributed by atoms with van der Waals surface area (Å²) in [5.74, 6) is 1.69. The molecule has 10 rings (SSSR count). The summed E-state index contributed by atoms with van der Waals surface area (Å²) in [6, 6.07) is 67.5. The molecule has 2 aliphatic heterocycles. The van der Waals surface area contributed by atoms with Gasteiger partial charge in [-0.05, 0) is 106 Å². The molecule has 0 atom stereocenters. The Morgan fingerprint density at radius 1 is 0.455 bits per heavy atom. The van der Waals surface area contributed by atoms with Gasteiger partial charge in [0.15, 0.2) is 11.5 Å². The van der Waals surface area contributed by atoms with E-state index in [2.05, 4.69) is 219 Å². The van der Waals surface area contributed by atoms with E-state index in [-0.39, 0.29) is 5.41 Å². The average Bonchev–Trinajstić information content (AvgIpc) is 3.24. The second-order valence-corrected chi connectivity index (χ2v) is 15.1. The van der Waals surface area contributed by atoms with Gasteiger partial charge in [-0.25, -0.2) is 0 Å². The zero-order valence-electron chi connectivity index (χ0n) is 31.2. The van der Waals surface area contributed by atoms with Crippen LogP contribution in [0.15, 0.2) is 188 Å². The van der Waals surface area contributed by atoms with Crippen molar-refractivity contribution in [2.75, 3.05) is 9.80 Å². The Hall–Kier alpha value is -6.84. The van der Waals surface area contributed by atoms with E-state index in [9.17, 15) is 0 Å². The number of aryl methyl sites for hydroxylation is 1. The van der Waals surface area contributed by atoms with Crippen molar-refractivity contribution in [1.29, 1.82) is 0 Å². The number of hydrogen-bond donors (Lipinski definition) is 0. The molecule has 55 heavy (non-hydrogen) atoms. The smallest absolute Gasteiger partial charge is 0.175 e. The zero-order chi connectivity index (χ0) is 37.1. The molecule has 0 aliphatic carbocycles. The summed E-state index contributed by atoms with van der Waals surface area (Å²) in [5.41, 5.74) is 16.9. The number of ether oxygens (including phenoxy) is 1. The van der Waals surface area contributed by atoms with E-state index in [1.165, 1.54) is 33.5 Å². The van der Waals surface area contributed by atoms with E-state index in [0.717, 1.165) is 62.2 Å². The number of anilines is 6. The summed E-state index contributed by atoms with van der Waals surface area (Å²) < 4.78 is 7.36. The summed E-state index contributed by atoms with van der Waals surface area (Å²) in [4.78, 5) is 4.83. The van der Waals surface area contributed by atoms with Gasteiger partial charge in [-0.3, -0.25) is 0 Å². The van der Waals surface area contributed by atoms with Gasteiger partial charge in [0.2, 0.25) is 0 Å². The van der Waals surface area contributed by atoms with E-state index in [1.54, 1.807) is 0 Å². The van der Waals surface area contributed by atoms with Crippen LogP contribution in [0, 0.1) is 6.92 Å². The first-order valence-corrected chi connectivity index (χ1v) is 19.0. The Balaban J connectivity index is 1.23. The maximum absolute atomic E-state index is 7.36. The van der Waals surface area contributed by atoms with Gasteiger partial charge in [-0.2, -0.15) is 0 Å². The summed E-state index contributed by atoms with van der Waals surface area (Å²) >= 11 is 0. The van der Waals surface area contributed by atoms with Crippen LogP contribution in [-0.2, 0) is 5.41 Å². The number of nitrogens with zero attached hydrogens (tertiary/aromatic N) is 2. The number of fused-ring (bicyclic) bond motifs is 4. The number of benzene rings is 8. The standard InChI is InChI=1S/C52H40N2O/c1-35-32-41(38-20-11-6-12-21-38)34-48-49(35)54-46-25-14-13-24-44(46)52(2,3)45-30-31-47(51(55-48)50(45)54)53(42-28-26-39(27-29-42)36-16-7-4-8-17-36)43-23-15-22-40(33-43)37-18-9-5-10-19-37/h4-34H,1-3H3. The Morgan fingerprint density at radius 2 is 1.04 bits per heavy atom. The van der Waals surface area contributed by atoms with Crippen LogP contribution in [0.25, 0.3) is 33.4 Å².